The van der Waals surface area contributed by atoms with Gasteiger partial charge in [0.2, 0.25) is 5.91 Å². The van der Waals surface area contributed by atoms with E-state index in [1.54, 1.807) is 0 Å². The summed E-state index contributed by atoms with van der Waals surface area (Å²) in [6.07, 6.45) is 3.73. The van der Waals surface area contributed by atoms with E-state index in [0.29, 0.717) is 18.8 Å². The third-order valence-electron chi connectivity index (χ3n) is 4.53. The molecule has 1 aliphatic heterocycles. The van der Waals surface area contributed by atoms with Gasteiger partial charge in [-0.25, -0.2) is 8.42 Å². The zero-order chi connectivity index (χ0) is 14.0. The quantitative estimate of drug-likeness (QED) is 0.772. The molecule has 2 fully saturated rings. The number of carbonyl (C=O) groups excluding carboxylic acids is 1. The first kappa shape index (κ1) is 14.8. The predicted molar refractivity (Wildman–Crippen MR) is 74.3 cm³/mol. The molecule has 0 aromatic heterocycles. The summed E-state index contributed by atoms with van der Waals surface area (Å²) < 4.78 is 22.7. The average Bonchev–Trinajstić information content (AvgIpc) is 2.35. The van der Waals surface area contributed by atoms with Gasteiger partial charge in [0, 0.05) is 18.0 Å². The first-order chi connectivity index (χ1) is 8.87. The summed E-state index contributed by atoms with van der Waals surface area (Å²) in [6, 6.07) is 0.128. The van der Waals surface area contributed by atoms with Crippen LogP contribution < -0.4 is 11.1 Å². The Balaban J connectivity index is 1.82. The molecule has 2 rings (SSSR count). The van der Waals surface area contributed by atoms with Crippen LogP contribution in [0.2, 0.25) is 0 Å². The molecular formula is C13H24N2O3S. The van der Waals surface area contributed by atoms with Crippen molar-refractivity contribution in [2.24, 2.45) is 17.6 Å². The molecule has 110 valence electrons. The Labute approximate surface area is 115 Å². The van der Waals surface area contributed by atoms with Gasteiger partial charge in [0.15, 0.2) is 0 Å². The molecule has 3 unspecified atom stereocenters. The molecule has 0 aromatic carbocycles. The van der Waals surface area contributed by atoms with E-state index >= 15 is 0 Å². The van der Waals surface area contributed by atoms with E-state index in [1.165, 1.54) is 0 Å². The van der Waals surface area contributed by atoms with E-state index in [9.17, 15) is 13.2 Å². The summed E-state index contributed by atoms with van der Waals surface area (Å²) in [7, 11) is -2.86. The highest BCUT2D eigenvalue weighted by molar-refractivity contribution is 7.91. The van der Waals surface area contributed by atoms with Gasteiger partial charge in [0.1, 0.15) is 9.84 Å². The molecular weight excluding hydrogens is 264 g/mol. The Hall–Kier alpha value is -0.620. The predicted octanol–water partition coefficient (Wildman–Crippen LogP) is 0.443. The third kappa shape index (κ3) is 3.92. The summed E-state index contributed by atoms with van der Waals surface area (Å²) in [4.78, 5) is 12.2. The topological polar surface area (TPSA) is 89.3 Å². The van der Waals surface area contributed by atoms with Crippen molar-refractivity contribution in [3.63, 3.8) is 0 Å². The zero-order valence-electron chi connectivity index (χ0n) is 11.5. The van der Waals surface area contributed by atoms with Crippen molar-refractivity contribution < 1.29 is 13.2 Å². The largest absolute Gasteiger partial charge is 0.353 e. The minimum absolute atomic E-state index is 0.00438. The summed E-state index contributed by atoms with van der Waals surface area (Å²) in [6.45, 7) is 2.13. The number of carbonyl (C=O) groups is 1. The van der Waals surface area contributed by atoms with Crippen molar-refractivity contribution in [1.82, 2.24) is 5.32 Å². The second-order valence-electron chi connectivity index (χ2n) is 6.09. The molecule has 1 saturated carbocycles. The molecule has 1 aliphatic carbocycles. The van der Waals surface area contributed by atoms with Crippen LogP contribution >= 0.6 is 0 Å². The number of nitrogens with two attached hydrogens (primary N) is 1. The van der Waals surface area contributed by atoms with Crippen molar-refractivity contribution in [3.8, 4) is 0 Å². The van der Waals surface area contributed by atoms with E-state index in [0.717, 1.165) is 19.3 Å². The van der Waals surface area contributed by atoms with Crippen LogP contribution in [-0.2, 0) is 14.6 Å². The Morgan fingerprint density at radius 2 is 1.79 bits per heavy atom. The molecule has 1 saturated heterocycles. The Morgan fingerprint density at radius 1 is 1.16 bits per heavy atom. The van der Waals surface area contributed by atoms with Gasteiger partial charge in [0.25, 0.3) is 0 Å². The van der Waals surface area contributed by atoms with Gasteiger partial charge in [-0.05, 0) is 38.0 Å². The molecule has 6 heteroatoms. The van der Waals surface area contributed by atoms with Gasteiger partial charge in [-0.3, -0.25) is 4.79 Å². The normalized spacial score (nSPS) is 35.8. The molecule has 0 bridgehead atoms. The van der Waals surface area contributed by atoms with Crippen molar-refractivity contribution in [1.29, 1.82) is 0 Å². The van der Waals surface area contributed by atoms with Crippen molar-refractivity contribution >= 4 is 15.7 Å². The van der Waals surface area contributed by atoms with Crippen LogP contribution in [0.5, 0.6) is 0 Å². The number of nitrogens with one attached hydrogen (secondary N) is 1. The fourth-order valence-electron chi connectivity index (χ4n) is 2.95. The van der Waals surface area contributed by atoms with Crippen LogP contribution in [0.3, 0.4) is 0 Å². The maximum Gasteiger partial charge on any atom is 0.223 e. The Morgan fingerprint density at radius 3 is 2.37 bits per heavy atom. The number of hydrogen-bond donors (Lipinski definition) is 2. The summed E-state index contributed by atoms with van der Waals surface area (Å²) in [5, 5.41) is 3.00. The molecule has 3 N–H and O–H groups in total. The average molecular weight is 288 g/mol. The molecule has 0 radical (unpaired) electrons. The SMILES string of the molecule is CC1CCC(C(=O)NC2CCS(=O)(=O)CC2)CC1N. The lowest BCUT2D eigenvalue weighted by molar-refractivity contribution is -0.127. The third-order valence-corrected chi connectivity index (χ3v) is 6.25. The van der Waals surface area contributed by atoms with Crippen LogP contribution in [0.25, 0.3) is 0 Å². The second kappa shape index (κ2) is 5.79. The van der Waals surface area contributed by atoms with E-state index in [4.69, 9.17) is 5.73 Å². The first-order valence-corrected chi connectivity index (χ1v) is 8.96. The maximum atomic E-state index is 12.2. The van der Waals surface area contributed by atoms with Crippen LogP contribution in [0.1, 0.15) is 39.0 Å². The fourth-order valence-corrected chi connectivity index (χ4v) is 4.44. The lowest BCUT2D eigenvalue weighted by Crippen LogP contribution is -2.46. The van der Waals surface area contributed by atoms with Gasteiger partial charge in [-0.2, -0.15) is 0 Å². The van der Waals surface area contributed by atoms with Crippen LogP contribution in [0, 0.1) is 11.8 Å². The van der Waals surface area contributed by atoms with E-state index in [2.05, 4.69) is 12.2 Å². The van der Waals surface area contributed by atoms with Gasteiger partial charge in [0.05, 0.1) is 11.5 Å². The molecule has 19 heavy (non-hydrogen) atoms. The first-order valence-electron chi connectivity index (χ1n) is 7.14. The molecule has 1 amide bonds. The number of rotatable bonds is 2. The molecule has 0 aromatic rings. The minimum atomic E-state index is -2.86. The molecule has 1 heterocycles. The van der Waals surface area contributed by atoms with Crippen LogP contribution in [0.4, 0.5) is 0 Å². The smallest absolute Gasteiger partial charge is 0.223 e. The lowest BCUT2D eigenvalue weighted by Gasteiger charge is -2.32. The minimum Gasteiger partial charge on any atom is -0.353 e. The van der Waals surface area contributed by atoms with Crippen molar-refractivity contribution in [2.75, 3.05) is 11.5 Å². The van der Waals surface area contributed by atoms with Crippen molar-refractivity contribution in [3.05, 3.63) is 0 Å². The van der Waals surface area contributed by atoms with Gasteiger partial charge in [-0.15, -0.1) is 0 Å². The van der Waals surface area contributed by atoms with Gasteiger partial charge < -0.3 is 11.1 Å². The summed E-state index contributed by atoms with van der Waals surface area (Å²) in [5.74, 6) is 0.943. The molecule has 2 aliphatic rings. The zero-order valence-corrected chi connectivity index (χ0v) is 12.3. The highest BCUT2D eigenvalue weighted by Gasteiger charge is 2.31. The van der Waals surface area contributed by atoms with Gasteiger partial charge in [-0.1, -0.05) is 6.92 Å². The van der Waals surface area contributed by atoms with E-state index in [1.807, 2.05) is 0 Å². The number of amides is 1. The van der Waals surface area contributed by atoms with E-state index in [-0.39, 0.29) is 35.4 Å². The number of sulfone groups is 1. The number of hydrogen-bond acceptors (Lipinski definition) is 4. The maximum absolute atomic E-state index is 12.2. The molecule has 5 nitrogen and oxygen atoms in total. The highest BCUT2D eigenvalue weighted by Crippen LogP contribution is 2.28. The van der Waals surface area contributed by atoms with Crippen LogP contribution in [-0.4, -0.2) is 37.9 Å². The fraction of sp³-hybridized carbons (Fsp3) is 0.923. The molecule has 0 spiro atoms. The highest BCUT2D eigenvalue weighted by atomic mass is 32.2. The lowest BCUT2D eigenvalue weighted by atomic mass is 9.79. The summed E-state index contributed by atoms with van der Waals surface area (Å²) in [5.41, 5.74) is 6.02. The monoisotopic (exact) mass is 288 g/mol. The Bertz CT molecular complexity index is 421. The second-order valence-corrected chi connectivity index (χ2v) is 8.39. The molecule has 3 atom stereocenters. The van der Waals surface area contributed by atoms with Crippen LogP contribution in [0.15, 0.2) is 0 Å². The van der Waals surface area contributed by atoms with Gasteiger partial charge >= 0.3 is 0 Å². The van der Waals surface area contributed by atoms with E-state index < -0.39 is 9.84 Å². The summed E-state index contributed by atoms with van der Waals surface area (Å²) >= 11 is 0. The standard InChI is InChI=1S/C13H24N2O3S/c1-9-2-3-10(8-12(9)14)13(16)15-11-4-6-19(17,18)7-5-11/h9-12H,2-8,14H2,1H3,(H,15,16). The Kier molecular flexibility index (Phi) is 4.50. The van der Waals surface area contributed by atoms with Crippen molar-refractivity contribution in [2.45, 2.75) is 51.1 Å².